The molecule has 1 fully saturated rings. The largest absolute Gasteiger partial charge is 0.445 e. The monoisotopic (exact) mass is 637 g/mol. The number of ether oxygens (including phenoxy) is 1. The van der Waals surface area contributed by atoms with E-state index in [1.807, 2.05) is 86.6 Å². The smallest absolute Gasteiger partial charge is 0.408 e. The van der Waals surface area contributed by atoms with Crippen LogP contribution in [0.3, 0.4) is 0 Å². The fourth-order valence-electron chi connectivity index (χ4n) is 6.27. The van der Waals surface area contributed by atoms with E-state index in [1.165, 1.54) is 0 Å². The SMILES string of the molecule is CC(C)C[C@H](CC(=O)[C@H](Cc1cccc2ccccc12)NC(=O)OCc1ccccc1)C(=O)N[C@@H](C[C@@H]1CCCCC1=O)C(=O)C#N. The number of carbonyl (C=O) groups is 5. The Morgan fingerprint density at radius 2 is 1.64 bits per heavy atom. The average molecular weight is 638 g/mol. The first-order chi connectivity index (χ1) is 22.6. The van der Waals surface area contributed by atoms with Gasteiger partial charge in [-0.2, -0.15) is 5.26 Å². The summed E-state index contributed by atoms with van der Waals surface area (Å²) in [5.74, 6) is -2.85. The van der Waals surface area contributed by atoms with Gasteiger partial charge in [-0.25, -0.2) is 4.79 Å². The molecule has 1 saturated carbocycles. The van der Waals surface area contributed by atoms with Gasteiger partial charge in [0.25, 0.3) is 5.78 Å². The van der Waals surface area contributed by atoms with Gasteiger partial charge in [0.05, 0.1) is 6.04 Å². The highest BCUT2D eigenvalue weighted by Crippen LogP contribution is 2.26. The van der Waals surface area contributed by atoms with E-state index in [4.69, 9.17) is 4.74 Å². The molecule has 47 heavy (non-hydrogen) atoms. The lowest BCUT2D eigenvalue weighted by Gasteiger charge is -2.27. The lowest BCUT2D eigenvalue weighted by molar-refractivity contribution is -0.133. The van der Waals surface area contributed by atoms with Crippen molar-refractivity contribution in [2.75, 3.05) is 0 Å². The van der Waals surface area contributed by atoms with Crippen molar-refractivity contribution >= 4 is 40.1 Å². The third-order valence-corrected chi connectivity index (χ3v) is 8.72. The summed E-state index contributed by atoms with van der Waals surface area (Å²) >= 11 is 0. The van der Waals surface area contributed by atoms with E-state index in [0.29, 0.717) is 19.3 Å². The second kappa shape index (κ2) is 17.2. The van der Waals surface area contributed by atoms with Crippen LogP contribution in [0.2, 0.25) is 0 Å². The molecule has 9 nitrogen and oxygen atoms in total. The molecule has 0 heterocycles. The van der Waals surface area contributed by atoms with Crippen LogP contribution in [0.5, 0.6) is 0 Å². The molecule has 2 N–H and O–H groups in total. The molecule has 0 aliphatic heterocycles. The zero-order valence-corrected chi connectivity index (χ0v) is 27.1. The van der Waals surface area contributed by atoms with E-state index in [2.05, 4.69) is 10.6 Å². The van der Waals surface area contributed by atoms with Crippen LogP contribution in [0.1, 0.15) is 69.9 Å². The fraction of sp³-hybridized carbons (Fsp3) is 0.421. The maximum Gasteiger partial charge on any atom is 0.408 e. The second-order valence-electron chi connectivity index (χ2n) is 12.8. The minimum absolute atomic E-state index is 0.0258. The molecule has 246 valence electrons. The minimum atomic E-state index is -1.14. The molecule has 1 aliphatic carbocycles. The Balaban J connectivity index is 1.53. The zero-order chi connectivity index (χ0) is 33.8. The Labute approximate surface area is 276 Å². The number of nitrogens with zero attached hydrogens (tertiary/aromatic N) is 1. The maximum atomic E-state index is 14.0. The van der Waals surface area contributed by atoms with Crippen LogP contribution in [0.15, 0.2) is 72.8 Å². The number of Topliss-reactive ketones (excluding diaryl/α,β-unsaturated/α-hetero) is 3. The molecule has 0 saturated heterocycles. The molecule has 0 spiro atoms. The summed E-state index contributed by atoms with van der Waals surface area (Å²) in [4.78, 5) is 65.7. The van der Waals surface area contributed by atoms with Crippen molar-refractivity contribution in [3.05, 3.63) is 83.9 Å². The first-order valence-electron chi connectivity index (χ1n) is 16.4. The summed E-state index contributed by atoms with van der Waals surface area (Å²) in [5, 5.41) is 16.8. The van der Waals surface area contributed by atoms with E-state index in [-0.39, 0.29) is 43.4 Å². The van der Waals surface area contributed by atoms with Crippen molar-refractivity contribution in [1.82, 2.24) is 10.6 Å². The Morgan fingerprint density at radius 1 is 0.915 bits per heavy atom. The number of nitriles is 1. The number of nitrogens with one attached hydrogen (secondary N) is 2. The third kappa shape index (κ3) is 10.3. The summed E-state index contributed by atoms with van der Waals surface area (Å²) in [7, 11) is 0. The van der Waals surface area contributed by atoms with Crippen LogP contribution in [-0.2, 0) is 36.9 Å². The predicted octanol–water partition coefficient (Wildman–Crippen LogP) is 6.03. The fourth-order valence-corrected chi connectivity index (χ4v) is 6.27. The summed E-state index contributed by atoms with van der Waals surface area (Å²) in [5.41, 5.74) is 1.65. The lowest BCUT2D eigenvalue weighted by atomic mass is 9.82. The van der Waals surface area contributed by atoms with Crippen LogP contribution in [-0.4, -0.2) is 41.4 Å². The van der Waals surface area contributed by atoms with Crippen LogP contribution in [0, 0.1) is 29.1 Å². The highest BCUT2D eigenvalue weighted by Gasteiger charge is 2.34. The first kappa shape index (κ1) is 35.0. The van der Waals surface area contributed by atoms with E-state index in [1.54, 1.807) is 6.07 Å². The number of hydrogen-bond acceptors (Lipinski definition) is 7. The van der Waals surface area contributed by atoms with Crippen LogP contribution in [0.4, 0.5) is 4.79 Å². The minimum Gasteiger partial charge on any atom is -0.445 e. The number of fused-ring (bicyclic) bond motifs is 1. The summed E-state index contributed by atoms with van der Waals surface area (Å²) in [6, 6.07) is 22.2. The molecule has 0 bridgehead atoms. The third-order valence-electron chi connectivity index (χ3n) is 8.72. The molecule has 3 aromatic carbocycles. The Kier molecular flexibility index (Phi) is 12.8. The highest BCUT2D eigenvalue weighted by atomic mass is 16.5. The van der Waals surface area contributed by atoms with Crippen molar-refractivity contribution in [3.63, 3.8) is 0 Å². The topological polar surface area (TPSA) is 142 Å². The molecule has 3 aromatic rings. The van der Waals surface area contributed by atoms with Gasteiger partial charge in [-0.15, -0.1) is 0 Å². The van der Waals surface area contributed by atoms with E-state index in [9.17, 15) is 29.2 Å². The summed E-state index contributed by atoms with van der Waals surface area (Å²) in [6.45, 7) is 3.88. The molecular weight excluding hydrogens is 594 g/mol. The van der Waals surface area contributed by atoms with E-state index >= 15 is 0 Å². The average Bonchev–Trinajstić information content (AvgIpc) is 3.07. The van der Waals surface area contributed by atoms with Gasteiger partial charge in [0.1, 0.15) is 24.5 Å². The number of rotatable bonds is 15. The van der Waals surface area contributed by atoms with Gasteiger partial charge in [0.2, 0.25) is 5.91 Å². The number of amides is 2. The predicted molar refractivity (Wildman–Crippen MR) is 178 cm³/mol. The number of benzene rings is 3. The molecule has 4 rings (SSSR count). The van der Waals surface area contributed by atoms with E-state index in [0.717, 1.165) is 34.7 Å². The van der Waals surface area contributed by atoms with Crippen molar-refractivity contribution in [3.8, 4) is 6.07 Å². The Morgan fingerprint density at radius 3 is 2.36 bits per heavy atom. The second-order valence-corrected chi connectivity index (χ2v) is 12.8. The Hall–Kier alpha value is -4.84. The van der Waals surface area contributed by atoms with Crippen molar-refractivity contribution in [1.29, 1.82) is 5.26 Å². The van der Waals surface area contributed by atoms with Gasteiger partial charge in [-0.3, -0.25) is 19.2 Å². The number of ketones is 3. The van der Waals surface area contributed by atoms with Gasteiger partial charge in [0.15, 0.2) is 5.78 Å². The molecule has 0 aromatic heterocycles. The number of alkyl carbamates (subject to hydrolysis) is 1. The van der Waals surface area contributed by atoms with Crippen molar-refractivity contribution in [2.45, 2.75) is 83.9 Å². The number of hydrogen-bond donors (Lipinski definition) is 2. The van der Waals surface area contributed by atoms with Crippen LogP contribution >= 0.6 is 0 Å². The highest BCUT2D eigenvalue weighted by molar-refractivity contribution is 6.01. The summed E-state index contributed by atoms with van der Waals surface area (Å²) in [6.07, 6.45) is 2.31. The summed E-state index contributed by atoms with van der Waals surface area (Å²) < 4.78 is 5.45. The van der Waals surface area contributed by atoms with Crippen LogP contribution < -0.4 is 10.6 Å². The quantitative estimate of drug-likeness (QED) is 0.194. The zero-order valence-electron chi connectivity index (χ0n) is 27.1. The van der Waals surface area contributed by atoms with Crippen LogP contribution in [0.25, 0.3) is 10.8 Å². The molecule has 0 radical (unpaired) electrons. The molecule has 0 unspecified atom stereocenters. The maximum absolute atomic E-state index is 14.0. The van der Waals surface area contributed by atoms with Gasteiger partial charge < -0.3 is 15.4 Å². The van der Waals surface area contributed by atoms with Gasteiger partial charge in [-0.05, 0) is 53.5 Å². The van der Waals surface area contributed by atoms with Crippen molar-refractivity contribution in [2.24, 2.45) is 17.8 Å². The molecule has 1 aliphatic rings. The molecule has 9 heteroatoms. The van der Waals surface area contributed by atoms with Gasteiger partial charge in [0, 0.05) is 31.1 Å². The Bertz CT molecular complexity index is 1610. The number of carbonyl (C=O) groups excluding carboxylic acids is 5. The normalized spacial score (nSPS) is 16.5. The first-order valence-corrected chi connectivity index (χ1v) is 16.4. The standard InChI is InChI=1S/C38H43N3O6/c1-25(2)19-30(37(45)40-33(36(44)23-39)21-29-14-7-9-18-34(29)42)22-35(43)32(41-38(46)47-24-26-11-4-3-5-12-26)20-28-16-10-15-27-13-6-8-17-31(27)28/h3-6,8,10-13,15-17,25,29-30,32-33H,7,9,14,18-22,24H2,1-2H3,(H,40,45)(H,41,46)/t29-,30+,32-,33-/m0/s1. The van der Waals surface area contributed by atoms with E-state index < -0.39 is 41.7 Å². The van der Waals surface area contributed by atoms with Crippen molar-refractivity contribution < 1.29 is 28.7 Å². The van der Waals surface area contributed by atoms with Gasteiger partial charge >= 0.3 is 6.09 Å². The molecule has 4 atom stereocenters. The van der Waals surface area contributed by atoms with Gasteiger partial charge in [-0.1, -0.05) is 93.1 Å². The lowest BCUT2D eigenvalue weighted by Crippen LogP contribution is -2.47. The molecule has 2 amide bonds. The molecular formula is C38H43N3O6.